The molecule has 1 aliphatic rings. The number of carboxylic acid groups (broad SMARTS) is 1. The number of hydrogen-bond acceptors (Lipinski definition) is 9. The normalized spacial score (nSPS) is 32.0. The van der Waals surface area contributed by atoms with Crippen LogP contribution in [0.1, 0.15) is 59.9 Å². The van der Waals surface area contributed by atoms with Crippen LogP contribution >= 0.6 is 0 Å². The maximum Gasteiger partial charge on any atom is 0.326 e. The van der Waals surface area contributed by atoms with Crippen LogP contribution in [0.5, 0.6) is 0 Å². The Morgan fingerprint density at radius 3 is 1.92 bits per heavy atom. The highest BCUT2D eigenvalue weighted by Crippen LogP contribution is 2.48. The second kappa shape index (κ2) is 11.6. The van der Waals surface area contributed by atoms with Gasteiger partial charge in [0.05, 0.1) is 0 Å². The summed E-state index contributed by atoms with van der Waals surface area (Å²) in [7, 11) is 0. The van der Waals surface area contributed by atoms with E-state index in [1.54, 1.807) is 24.3 Å². The van der Waals surface area contributed by atoms with E-state index in [2.05, 4.69) is 16.0 Å². The van der Waals surface area contributed by atoms with Gasteiger partial charge in [-0.2, -0.15) is 0 Å². The first-order chi connectivity index (χ1) is 17.8. The van der Waals surface area contributed by atoms with E-state index in [1.807, 2.05) is 6.92 Å². The van der Waals surface area contributed by atoms with Gasteiger partial charge in [-0.25, -0.2) is 4.79 Å². The van der Waals surface area contributed by atoms with E-state index in [9.17, 15) is 44.7 Å². The number of aryl methyl sites for hydroxylation is 1. The summed E-state index contributed by atoms with van der Waals surface area (Å²) in [5.41, 5.74) is -5.93. The van der Waals surface area contributed by atoms with Crippen molar-refractivity contribution in [1.29, 1.82) is 0 Å². The number of benzene rings is 1. The number of rotatable bonds is 10. The third kappa shape index (κ3) is 6.56. The van der Waals surface area contributed by atoms with Crippen LogP contribution in [0.3, 0.4) is 0 Å². The molecular formula is C26H39N3O10. The predicted octanol–water partition coefficient (Wildman–Crippen LogP) is -0.598. The van der Waals surface area contributed by atoms with Gasteiger partial charge >= 0.3 is 5.97 Å². The molecule has 8 N–H and O–H groups in total. The third-order valence-electron chi connectivity index (χ3n) is 7.62. The zero-order valence-corrected chi connectivity index (χ0v) is 22.9. The minimum absolute atomic E-state index is 0.256. The number of carboxylic acids is 1. The molecule has 1 heterocycles. The second-order valence-corrected chi connectivity index (χ2v) is 10.5. The van der Waals surface area contributed by atoms with Crippen LogP contribution in [0.25, 0.3) is 0 Å². The van der Waals surface area contributed by atoms with E-state index in [-0.39, 0.29) is 12.8 Å². The Morgan fingerprint density at radius 2 is 1.44 bits per heavy atom. The number of hydrogen-bond donors (Lipinski definition) is 8. The molecule has 4 unspecified atom stereocenters. The van der Waals surface area contributed by atoms with Gasteiger partial charge in [0.25, 0.3) is 5.91 Å². The van der Waals surface area contributed by atoms with Crippen molar-refractivity contribution < 1.29 is 49.4 Å². The van der Waals surface area contributed by atoms with E-state index in [1.165, 1.54) is 0 Å². The molecule has 1 saturated heterocycles. The minimum atomic E-state index is -2.50. The lowest BCUT2D eigenvalue weighted by molar-refractivity contribution is -0.414. The van der Waals surface area contributed by atoms with Crippen LogP contribution in [0, 0.1) is 0 Å². The molecule has 2 rings (SSSR count). The lowest BCUT2D eigenvalue weighted by atomic mass is 9.65. The fourth-order valence-corrected chi connectivity index (χ4v) is 4.37. The van der Waals surface area contributed by atoms with Crippen molar-refractivity contribution in [3.05, 3.63) is 29.8 Å². The van der Waals surface area contributed by atoms with Crippen molar-refractivity contribution in [2.75, 3.05) is 5.32 Å². The highest BCUT2D eigenvalue weighted by atomic mass is 16.7. The fraction of sp³-hybridized carbons (Fsp3) is 0.615. The second-order valence-electron chi connectivity index (χ2n) is 10.5. The van der Waals surface area contributed by atoms with Gasteiger partial charge in [-0.15, -0.1) is 0 Å². The van der Waals surface area contributed by atoms with Crippen molar-refractivity contribution in [2.24, 2.45) is 0 Å². The summed E-state index contributed by atoms with van der Waals surface area (Å²) in [5.74, 6) is -6.31. The smallest absolute Gasteiger partial charge is 0.326 e. The number of aliphatic carboxylic acids is 1. The van der Waals surface area contributed by atoms with Crippen molar-refractivity contribution in [2.45, 2.75) is 102 Å². The summed E-state index contributed by atoms with van der Waals surface area (Å²) >= 11 is 0. The number of anilines is 1. The zero-order chi connectivity index (χ0) is 30.0. The SMILES string of the molecule is CCc1ccc(NC(=O)C(CCC(NC(C)=O)C(=O)O)NC(=O)C2O[C@@](C)(O)C(C)(O)[C@](C)(O)[C@]2(C)O)cc1. The Balaban J connectivity index is 2.35. The molecule has 0 aliphatic carbocycles. The molecule has 13 nitrogen and oxygen atoms in total. The van der Waals surface area contributed by atoms with Crippen molar-refractivity contribution >= 4 is 29.4 Å². The van der Waals surface area contributed by atoms with Gasteiger partial charge in [0.2, 0.25) is 11.8 Å². The number of amides is 3. The van der Waals surface area contributed by atoms with E-state index < -0.39 is 64.5 Å². The van der Waals surface area contributed by atoms with Crippen LogP contribution in [-0.2, 0) is 30.3 Å². The molecule has 0 radical (unpaired) electrons. The molecule has 218 valence electrons. The highest BCUT2D eigenvalue weighted by Gasteiger charge is 2.71. The maximum absolute atomic E-state index is 13.3. The molecule has 13 heteroatoms. The quantitative estimate of drug-likeness (QED) is 0.184. The Kier molecular flexibility index (Phi) is 9.52. The van der Waals surface area contributed by atoms with Crippen LogP contribution in [0.15, 0.2) is 24.3 Å². The number of ether oxygens (including phenoxy) is 1. The van der Waals surface area contributed by atoms with Gasteiger partial charge < -0.3 is 46.2 Å². The van der Waals surface area contributed by atoms with Gasteiger partial charge in [-0.1, -0.05) is 19.1 Å². The van der Waals surface area contributed by atoms with E-state index in [0.29, 0.717) is 5.69 Å². The molecule has 1 aliphatic heterocycles. The topological polar surface area (TPSA) is 215 Å². The van der Waals surface area contributed by atoms with Crippen molar-refractivity contribution in [1.82, 2.24) is 10.6 Å². The highest BCUT2D eigenvalue weighted by molar-refractivity contribution is 5.98. The lowest BCUT2D eigenvalue weighted by Crippen LogP contribution is -2.82. The molecular weight excluding hydrogens is 514 g/mol. The molecule has 1 aromatic carbocycles. The first-order valence-electron chi connectivity index (χ1n) is 12.6. The third-order valence-corrected chi connectivity index (χ3v) is 7.62. The van der Waals surface area contributed by atoms with Crippen LogP contribution in [0.4, 0.5) is 5.69 Å². The molecule has 0 saturated carbocycles. The van der Waals surface area contributed by atoms with E-state index in [0.717, 1.165) is 46.6 Å². The zero-order valence-electron chi connectivity index (χ0n) is 22.9. The monoisotopic (exact) mass is 553 g/mol. The summed E-state index contributed by atoms with van der Waals surface area (Å²) in [6.07, 6.45) is -1.71. The van der Waals surface area contributed by atoms with Gasteiger partial charge in [0.15, 0.2) is 11.9 Å². The molecule has 7 atom stereocenters. The van der Waals surface area contributed by atoms with Gasteiger partial charge in [-0.05, 0) is 64.7 Å². The molecule has 3 amide bonds. The molecule has 0 spiro atoms. The molecule has 39 heavy (non-hydrogen) atoms. The Labute approximate surface area is 226 Å². The maximum atomic E-state index is 13.3. The number of carbonyl (C=O) groups is 4. The summed E-state index contributed by atoms with van der Waals surface area (Å²) in [6.45, 7) is 7.19. The number of aliphatic hydroxyl groups is 4. The van der Waals surface area contributed by atoms with E-state index >= 15 is 0 Å². The lowest BCUT2D eigenvalue weighted by Gasteiger charge is -2.59. The predicted molar refractivity (Wildman–Crippen MR) is 138 cm³/mol. The van der Waals surface area contributed by atoms with Gasteiger partial charge in [0.1, 0.15) is 28.9 Å². The Bertz CT molecular complexity index is 1080. The average molecular weight is 554 g/mol. The number of nitrogens with one attached hydrogen (secondary N) is 3. The minimum Gasteiger partial charge on any atom is -0.480 e. The fourth-order valence-electron chi connectivity index (χ4n) is 4.37. The number of carbonyl (C=O) groups excluding carboxylic acids is 3. The summed E-state index contributed by atoms with van der Waals surface area (Å²) in [4.78, 5) is 49.6. The van der Waals surface area contributed by atoms with E-state index in [4.69, 9.17) is 4.74 Å². The first-order valence-corrected chi connectivity index (χ1v) is 12.6. The Morgan fingerprint density at radius 1 is 0.897 bits per heavy atom. The molecule has 0 aromatic heterocycles. The summed E-state index contributed by atoms with van der Waals surface area (Å²) in [6, 6.07) is 4.14. The van der Waals surface area contributed by atoms with Crippen molar-refractivity contribution in [3.8, 4) is 0 Å². The largest absolute Gasteiger partial charge is 0.480 e. The Hall–Kier alpha value is -3.10. The van der Waals surface area contributed by atoms with Gasteiger partial charge in [0, 0.05) is 12.6 Å². The molecule has 0 bridgehead atoms. The van der Waals surface area contributed by atoms with Crippen molar-refractivity contribution in [3.63, 3.8) is 0 Å². The average Bonchev–Trinajstić information content (AvgIpc) is 2.82. The van der Waals surface area contributed by atoms with Crippen LogP contribution in [0.2, 0.25) is 0 Å². The van der Waals surface area contributed by atoms with Gasteiger partial charge in [-0.3, -0.25) is 14.4 Å². The van der Waals surface area contributed by atoms with Crippen LogP contribution in [-0.4, -0.2) is 90.0 Å². The molecule has 1 aromatic rings. The first kappa shape index (κ1) is 32.1. The summed E-state index contributed by atoms with van der Waals surface area (Å²) in [5, 5.41) is 60.2. The molecule has 1 fully saturated rings. The standard InChI is InChI=1S/C26H39N3O10/c1-7-15-8-10-16(11-9-15)28-20(31)17(12-13-18(22(33)34)27-14(2)30)29-21(32)19-23(3,35)24(4,36)25(5,37)26(6,38)39-19/h8-11,17-19,35-38H,7,12-13H2,1-6H3,(H,27,30)(H,28,31)(H,29,32)(H,33,34)/t17?,18?,19?,23-,24-,25?,26-/m1/s1. The summed E-state index contributed by atoms with van der Waals surface area (Å²) < 4.78 is 5.34. The van der Waals surface area contributed by atoms with Crippen LogP contribution < -0.4 is 16.0 Å².